The van der Waals surface area contributed by atoms with E-state index in [1.54, 1.807) is 0 Å². The number of aliphatic carboxylic acids is 1. The van der Waals surface area contributed by atoms with Crippen molar-refractivity contribution in [3.05, 3.63) is 35.9 Å². The van der Waals surface area contributed by atoms with Crippen LogP contribution >= 0.6 is 0 Å². The highest BCUT2D eigenvalue weighted by molar-refractivity contribution is 8.08. The zero-order valence-corrected chi connectivity index (χ0v) is 12.1. The van der Waals surface area contributed by atoms with E-state index in [-0.39, 0.29) is 5.69 Å². The fraction of sp³-hybridized carbons (Fsp3) is 0.182. The molecule has 0 aliphatic rings. The van der Waals surface area contributed by atoms with Gasteiger partial charge >= 0.3 is 5.97 Å². The predicted octanol–water partition coefficient (Wildman–Crippen LogP) is 0.528. The van der Waals surface area contributed by atoms with Gasteiger partial charge in [-0.05, 0) is 23.8 Å². The monoisotopic (exact) mass is 319 g/mol. The molecule has 0 atom stereocenters. The number of sulfone groups is 1. The Labute approximate surface area is 116 Å². The lowest BCUT2D eigenvalue weighted by atomic mass is 10.2. The molecular formula is C11H13NO6S2. The molecule has 2 N–H and O–H groups in total. The molecule has 0 spiro atoms. The average Bonchev–Trinajstić information content (AvgIpc) is 2.24. The second-order valence-electron chi connectivity index (χ2n) is 4.05. The minimum absolute atomic E-state index is 0.195. The van der Waals surface area contributed by atoms with Crippen LogP contribution in [-0.2, 0) is 24.7 Å². The highest BCUT2D eigenvalue weighted by Gasteiger charge is 2.17. The van der Waals surface area contributed by atoms with Crippen molar-refractivity contribution in [2.45, 2.75) is 0 Å². The van der Waals surface area contributed by atoms with Gasteiger partial charge < -0.3 is 5.11 Å². The molecule has 9 heteroatoms. The van der Waals surface area contributed by atoms with Crippen molar-refractivity contribution in [1.82, 2.24) is 0 Å². The molecule has 0 heterocycles. The Kier molecular flexibility index (Phi) is 4.90. The summed E-state index contributed by atoms with van der Waals surface area (Å²) in [6.07, 6.45) is 3.12. The Morgan fingerprint density at radius 3 is 2.20 bits per heavy atom. The van der Waals surface area contributed by atoms with Crippen molar-refractivity contribution < 1.29 is 26.7 Å². The first kappa shape index (κ1) is 16.2. The van der Waals surface area contributed by atoms with Crippen molar-refractivity contribution in [3.63, 3.8) is 0 Å². The molecule has 110 valence electrons. The van der Waals surface area contributed by atoms with Crippen LogP contribution in [0.2, 0.25) is 0 Å². The molecule has 0 bridgehead atoms. The first-order valence-electron chi connectivity index (χ1n) is 5.27. The van der Waals surface area contributed by atoms with Gasteiger partial charge in [0.2, 0.25) is 10.0 Å². The minimum Gasteiger partial charge on any atom is -0.478 e. The number of sulfonamides is 1. The number of carbonyl (C=O) groups is 1. The number of rotatable bonds is 6. The average molecular weight is 319 g/mol. The quantitative estimate of drug-likeness (QED) is 0.738. The molecule has 0 aliphatic heterocycles. The van der Waals surface area contributed by atoms with Gasteiger partial charge in [-0.15, -0.1) is 0 Å². The summed E-state index contributed by atoms with van der Waals surface area (Å²) in [5, 5.41) is 7.46. The Morgan fingerprint density at radius 2 is 1.75 bits per heavy atom. The van der Waals surface area contributed by atoms with Crippen LogP contribution in [-0.4, -0.2) is 39.3 Å². The van der Waals surface area contributed by atoms with E-state index in [0.717, 1.165) is 12.3 Å². The second-order valence-corrected chi connectivity index (χ2v) is 8.28. The second kappa shape index (κ2) is 6.06. The number of hydrogen-bond donors (Lipinski definition) is 2. The van der Waals surface area contributed by atoms with Gasteiger partial charge in [0.25, 0.3) is 0 Å². The third kappa shape index (κ3) is 6.34. The maximum atomic E-state index is 11.5. The van der Waals surface area contributed by atoms with Crippen molar-refractivity contribution in [1.29, 1.82) is 0 Å². The Hall–Kier alpha value is -1.87. The lowest BCUT2D eigenvalue weighted by Gasteiger charge is -2.07. The molecule has 0 saturated carbocycles. The maximum Gasteiger partial charge on any atom is 0.328 e. The number of hydrogen-bond acceptors (Lipinski definition) is 5. The van der Waals surface area contributed by atoms with Gasteiger partial charge in [0.1, 0.15) is 0 Å². The van der Waals surface area contributed by atoms with E-state index in [0.29, 0.717) is 5.56 Å². The summed E-state index contributed by atoms with van der Waals surface area (Å²) in [5.74, 6) is -1.09. The number of carboxylic acid groups (broad SMARTS) is 1. The van der Waals surface area contributed by atoms with E-state index in [2.05, 4.69) is 4.72 Å². The van der Waals surface area contributed by atoms with E-state index in [9.17, 15) is 21.6 Å². The summed E-state index contributed by atoms with van der Waals surface area (Å²) >= 11 is 0. The van der Waals surface area contributed by atoms with Crippen molar-refractivity contribution >= 4 is 37.6 Å². The molecule has 0 unspecified atom stereocenters. The van der Waals surface area contributed by atoms with Crippen LogP contribution in [0.3, 0.4) is 0 Å². The molecule has 1 rings (SSSR count). The zero-order chi connectivity index (χ0) is 15.4. The summed E-state index contributed by atoms with van der Waals surface area (Å²) in [6, 6.07) is 5.80. The molecule has 0 saturated heterocycles. The number of benzene rings is 1. The lowest BCUT2D eigenvalue weighted by molar-refractivity contribution is -0.131. The van der Waals surface area contributed by atoms with Crippen molar-refractivity contribution in [2.24, 2.45) is 0 Å². The Morgan fingerprint density at radius 1 is 1.20 bits per heavy atom. The molecule has 0 aliphatic carbocycles. The van der Waals surface area contributed by atoms with Crippen LogP contribution in [0.25, 0.3) is 6.08 Å². The predicted molar refractivity (Wildman–Crippen MR) is 75.4 cm³/mol. The first-order chi connectivity index (χ1) is 9.07. The third-order valence-electron chi connectivity index (χ3n) is 1.97. The highest BCUT2D eigenvalue weighted by Crippen LogP contribution is 2.13. The van der Waals surface area contributed by atoms with Gasteiger partial charge in [-0.1, -0.05) is 12.1 Å². The molecule has 0 fully saturated rings. The lowest BCUT2D eigenvalue weighted by Crippen LogP contribution is -2.22. The fourth-order valence-electron chi connectivity index (χ4n) is 1.32. The Balaban J connectivity index is 2.83. The number of nitrogens with one attached hydrogen (secondary N) is 1. The standard InChI is InChI=1S/C11H13NO6S2/c1-19(15,16)8-20(17,18)12-10-5-2-9(3-6-10)4-7-11(13)14/h2-7,12H,8H2,1H3,(H,13,14)/b7-4+. The topological polar surface area (TPSA) is 118 Å². The largest absolute Gasteiger partial charge is 0.478 e. The van der Waals surface area contributed by atoms with Gasteiger partial charge in [0.05, 0.1) is 0 Å². The SMILES string of the molecule is CS(=O)(=O)CS(=O)(=O)Nc1ccc(/C=C/C(=O)O)cc1. The molecule has 0 amide bonds. The van der Waals surface area contributed by atoms with E-state index in [1.165, 1.54) is 30.3 Å². The molecule has 7 nitrogen and oxygen atoms in total. The van der Waals surface area contributed by atoms with E-state index in [4.69, 9.17) is 5.11 Å². The number of carboxylic acids is 1. The molecule has 1 aromatic carbocycles. The Bertz CT molecular complexity index is 717. The van der Waals surface area contributed by atoms with Crippen molar-refractivity contribution in [2.75, 3.05) is 16.1 Å². The van der Waals surface area contributed by atoms with Crippen molar-refractivity contribution in [3.8, 4) is 0 Å². The zero-order valence-electron chi connectivity index (χ0n) is 10.5. The van der Waals surface area contributed by atoms with E-state index < -0.39 is 30.9 Å². The number of anilines is 1. The minimum atomic E-state index is -3.98. The van der Waals surface area contributed by atoms with E-state index in [1.807, 2.05) is 0 Å². The van der Waals surface area contributed by atoms with Crippen LogP contribution in [0.15, 0.2) is 30.3 Å². The van der Waals surface area contributed by atoms with Crippen LogP contribution in [0.5, 0.6) is 0 Å². The smallest absolute Gasteiger partial charge is 0.328 e. The maximum absolute atomic E-state index is 11.5. The highest BCUT2D eigenvalue weighted by atomic mass is 32.3. The normalized spacial score (nSPS) is 12.4. The summed E-state index contributed by atoms with van der Waals surface area (Å²) in [5.41, 5.74) is 0.764. The molecule has 1 aromatic rings. The van der Waals surface area contributed by atoms with Gasteiger partial charge in [0.15, 0.2) is 14.9 Å². The summed E-state index contributed by atoms with van der Waals surface area (Å²) in [7, 11) is -7.64. The van der Waals surface area contributed by atoms with Crippen LogP contribution in [0.1, 0.15) is 5.56 Å². The first-order valence-corrected chi connectivity index (χ1v) is 8.98. The molecule has 0 aromatic heterocycles. The van der Waals surface area contributed by atoms with Gasteiger partial charge in [-0.25, -0.2) is 21.6 Å². The van der Waals surface area contributed by atoms with Gasteiger partial charge in [-0.3, -0.25) is 4.72 Å². The van der Waals surface area contributed by atoms with E-state index >= 15 is 0 Å². The molecule has 20 heavy (non-hydrogen) atoms. The molecule has 0 radical (unpaired) electrons. The summed E-state index contributed by atoms with van der Waals surface area (Å²) < 4.78 is 47.1. The van der Waals surface area contributed by atoms with Crippen LogP contribution < -0.4 is 4.72 Å². The van der Waals surface area contributed by atoms with Gasteiger partial charge in [-0.2, -0.15) is 0 Å². The summed E-state index contributed by atoms with van der Waals surface area (Å²) in [6.45, 7) is 0. The molecular weight excluding hydrogens is 306 g/mol. The fourth-order valence-corrected chi connectivity index (χ4v) is 4.31. The third-order valence-corrected chi connectivity index (χ3v) is 5.47. The van der Waals surface area contributed by atoms with Gasteiger partial charge in [0, 0.05) is 18.0 Å². The van der Waals surface area contributed by atoms with Crippen LogP contribution in [0.4, 0.5) is 5.69 Å². The van der Waals surface area contributed by atoms with Crippen LogP contribution in [0, 0.1) is 0 Å². The summed E-state index contributed by atoms with van der Waals surface area (Å²) in [4.78, 5) is 10.3.